The molecule has 146 valence electrons. The number of imidazole rings is 1. The first-order valence-corrected chi connectivity index (χ1v) is 9.02. The number of rotatable bonds is 7. The van der Waals surface area contributed by atoms with Crippen LogP contribution in [0.15, 0.2) is 54.7 Å². The fraction of sp³-hybridized carbons (Fsp3) is 0.238. The van der Waals surface area contributed by atoms with Crippen molar-refractivity contribution in [3.8, 4) is 11.1 Å². The van der Waals surface area contributed by atoms with Crippen LogP contribution >= 0.6 is 0 Å². The van der Waals surface area contributed by atoms with E-state index in [-0.39, 0.29) is 12.4 Å². The molecule has 0 saturated carbocycles. The van der Waals surface area contributed by atoms with Crippen molar-refractivity contribution in [3.05, 3.63) is 71.9 Å². The molecule has 0 radical (unpaired) electrons. The van der Waals surface area contributed by atoms with Crippen molar-refractivity contribution in [2.45, 2.75) is 26.3 Å². The number of hydrogen-bond acceptors (Lipinski definition) is 4. The second-order valence-corrected chi connectivity index (χ2v) is 6.51. The van der Waals surface area contributed by atoms with Crippen molar-refractivity contribution in [1.82, 2.24) is 9.55 Å². The van der Waals surface area contributed by atoms with Crippen LogP contribution in [0.3, 0.4) is 0 Å². The first-order chi connectivity index (χ1) is 13.5. The van der Waals surface area contributed by atoms with Gasteiger partial charge in [-0.15, -0.1) is 0 Å². The molecule has 0 saturated heterocycles. The number of benzene rings is 2. The third kappa shape index (κ3) is 4.27. The quantitative estimate of drug-likeness (QED) is 0.485. The van der Waals surface area contributed by atoms with Gasteiger partial charge in [-0.25, -0.2) is 14.6 Å². The summed E-state index contributed by atoms with van der Waals surface area (Å²) in [6.45, 7) is 3.99. The Morgan fingerprint density at radius 3 is 2.71 bits per heavy atom. The van der Waals surface area contributed by atoms with Gasteiger partial charge in [0.25, 0.3) is 5.82 Å². The Hall–Kier alpha value is -3.03. The molecule has 1 heterocycles. The fourth-order valence-electron chi connectivity index (χ4n) is 3.03. The first kappa shape index (κ1) is 19.7. The molecule has 7 heteroatoms. The molecule has 0 fully saturated rings. The molecule has 0 aliphatic rings. The molecule has 0 aliphatic heterocycles. The zero-order valence-corrected chi connectivity index (χ0v) is 15.8. The molecule has 1 unspecified atom stereocenters. The summed E-state index contributed by atoms with van der Waals surface area (Å²) < 4.78 is 21.6. The third-order valence-corrected chi connectivity index (χ3v) is 4.71. The zero-order valence-electron chi connectivity index (χ0n) is 15.8. The zero-order chi connectivity index (χ0) is 20.1. The van der Waals surface area contributed by atoms with E-state index in [1.165, 1.54) is 12.3 Å². The summed E-state index contributed by atoms with van der Waals surface area (Å²) in [5, 5.41) is 9.18. The van der Waals surface area contributed by atoms with Crippen LogP contribution in [0.5, 0.6) is 0 Å². The predicted molar refractivity (Wildman–Crippen MR) is 102 cm³/mol. The lowest BCUT2D eigenvalue weighted by Crippen LogP contribution is -2.74. The number of quaternary nitrogens is 1. The first-order valence-electron chi connectivity index (χ1n) is 9.02. The Labute approximate surface area is 162 Å². The average molecular weight is 384 g/mol. The third-order valence-electron chi connectivity index (χ3n) is 4.71. The van der Waals surface area contributed by atoms with Crippen molar-refractivity contribution >= 4 is 11.8 Å². The Morgan fingerprint density at radius 2 is 2.04 bits per heavy atom. The molecule has 0 bridgehead atoms. The molecule has 0 spiro atoms. The molecular formula is C21H23FN3O3+. The Balaban J connectivity index is 1.63. The number of aryl methyl sites for hydroxylation is 1. The molecule has 0 aliphatic carbocycles. The van der Waals surface area contributed by atoms with E-state index in [4.69, 9.17) is 4.74 Å². The van der Waals surface area contributed by atoms with Crippen molar-refractivity contribution in [2.24, 2.45) is 0 Å². The Bertz CT molecular complexity index is 957. The van der Waals surface area contributed by atoms with Crippen LogP contribution in [-0.4, -0.2) is 27.3 Å². The number of nitrogens with two attached hydrogens (primary N) is 1. The van der Waals surface area contributed by atoms with E-state index in [1.54, 1.807) is 30.5 Å². The summed E-state index contributed by atoms with van der Waals surface area (Å²) >= 11 is 0. The summed E-state index contributed by atoms with van der Waals surface area (Å²) in [4.78, 5) is 16.5. The Kier molecular flexibility index (Phi) is 6.18. The Morgan fingerprint density at radius 1 is 1.29 bits per heavy atom. The van der Waals surface area contributed by atoms with E-state index < -0.39 is 11.9 Å². The van der Waals surface area contributed by atoms with Gasteiger partial charge in [0.05, 0.1) is 12.5 Å². The minimum absolute atomic E-state index is 0.131. The fourth-order valence-corrected chi connectivity index (χ4v) is 3.03. The lowest BCUT2D eigenvalue weighted by Gasteiger charge is -2.14. The van der Waals surface area contributed by atoms with Crippen LogP contribution in [0, 0.1) is 12.7 Å². The van der Waals surface area contributed by atoms with Crippen molar-refractivity contribution in [2.75, 3.05) is 6.61 Å². The molecule has 1 atom stereocenters. The summed E-state index contributed by atoms with van der Waals surface area (Å²) in [6, 6.07) is 14.1. The van der Waals surface area contributed by atoms with E-state index >= 15 is 0 Å². The molecule has 1 aromatic heterocycles. The van der Waals surface area contributed by atoms with E-state index in [2.05, 4.69) is 4.98 Å². The summed E-state index contributed by atoms with van der Waals surface area (Å²) in [5.41, 5.74) is 2.80. The summed E-state index contributed by atoms with van der Waals surface area (Å²) in [5.74, 6) is -0.144. The van der Waals surface area contributed by atoms with E-state index in [1.807, 2.05) is 30.3 Å². The predicted octanol–water partition coefficient (Wildman–Crippen LogP) is 2.93. The van der Waals surface area contributed by atoms with Gasteiger partial charge in [-0.1, -0.05) is 42.5 Å². The van der Waals surface area contributed by atoms with Gasteiger partial charge in [-0.2, -0.15) is 5.48 Å². The van der Waals surface area contributed by atoms with Gasteiger partial charge in [0, 0.05) is 5.56 Å². The van der Waals surface area contributed by atoms with Crippen molar-refractivity contribution in [1.29, 1.82) is 0 Å². The molecule has 28 heavy (non-hydrogen) atoms. The van der Waals surface area contributed by atoms with E-state index in [9.17, 15) is 14.4 Å². The van der Waals surface area contributed by atoms with E-state index in [0.717, 1.165) is 11.0 Å². The van der Waals surface area contributed by atoms with Gasteiger partial charge < -0.3 is 4.74 Å². The number of carbonyl (C=O) groups is 1. The number of nitrogens with zero attached hydrogens (tertiary/aromatic N) is 2. The highest BCUT2D eigenvalue weighted by molar-refractivity contribution is 5.78. The van der Waals surface area contributed by atoms with Gasteiger partial charge >= 0.3 is 5.97 Å². The second kappa shape index (κ2) is 8.77. The topological polar surface area (TPSA) is 81.0 Å². The van der Waals surface area contributed by atoms with Gasteiger partial charge in [0.2, 0.25) is 0 Å². The number of halogens is 1. The average Bonchev–Trinajstić information content (AvgIpc) is 3.07. The largest absolute Gasteiger partial charge is 0.463 e. The van der Waals surface area contributed by atoms with Crippen LogP contribution < -0.4 is 5.48 Å². The number of carbonyl (C=O) groups excluding carboxylic acids is 1. The monoisotopic (exact) mass is 384 g/mol. The number of hydrogen-bond donors (Lipinski definition) is 2. The minimum atomic E-state index is -0.591. The van der Waals surface area contributed by atoms with Gasteiger partial charge in [0.15, 0.2) is 0 Å². The maximum absolute atomic E-state index is 14.5. The second-order valence-electron chi connectivity index (χ2n) is 6.51. The van der Waals surface area contributed by atoms with Crippen LogP contribution in [-0.2, 0) is 16.1 Å². The van der Waals surface area contributed by atoms with Crippen LogP contribution in [0.25, 0.3) is 11.1 Å². The SMILES string of the molecule is Cc1ncc([NH2+]O)n1CCOC(=O)C(C)c1ccc(-c2ccccc2)c(F)c1. The van der Waals surface area contributed by atoms with Crippen LogP contribution in [0.1, 0.15) is 24.2 Å². The molecule has 0 amide bonds. The standard InChI is InChI=1S/C21H22FN3O3/c1-14(21(26)28-11-10-25-15(2)23-13-20(25)24-27)17-8-9-18(19(22)12-17)16-6-4-3-5-7-16/h3-9,12-14,24,27H,10-11H2,1-2H3/p+1. The highest BCUT2D eigenvalue weighted by Crippen LogP contribution is 2.26. The number of aromatic nitrogens is 2. The molecule has 3 aromatic rings. The molecule has 2 aromatic carbocycles. The van der Waals surface area contributed by atoms with Gasteiger partial charge in [-0.05, 0) is 31.0 Å². The minimum Gasteiger partial charge on any atom is -0.463 e. The van der Waals surface area contributed by atoms with Crippen molar-refractivity contribution < 1.29 is 24.6 Å². The van der Waals surface area contributed by atoms with E-state index in [0.29, 0.717) is 29.3 Å². The van der Waals surface area contributed by atoms with Crippen molar-refractivity contribution in [3.63, 3.8) is 0 Å². The normalized spacial score (nSPS) is 12.0. The van der Waals surface area contributed by atoms with Gasteiger partial charge in [-0.3, -0.25) is 9.36 Å². The molecule has 6 nitrogen and oxygen atoms in total. The molecular weight excluding hydrogens is 361 g/mol. The maximum Gasteiger partial charge on any atom is 0.313 e. The summed E-state index contributed by atoms with van der Waals surface area (Å²) in [6.07, 6.45) is 1.54. The number of esters is 1. The molecule has 3 N–H and O–H groups in total. The highest BCUT2D eigenvalue weighted by Gasteiger charge is 2.19. The smallest absolute Gasteiger partial charge is 0.313 e. The lowest BCUT2D eigenvalue weighted by atomic mass is 9.97. The van der Waals surface area contributed by atoms with Crippen LogP contribution in [0.2, 0.25) is 0 Å². The maximum atomic E-state index is 14.5. The highest BCUT2D eigenvalue weighted by atomic mass is 19.1. The summed E-state index contributed by atoms with van der Waals surface area (Å²) in [7, 11) is 0. The molecule has 3 rings (SSSR count). The number of ether oxygens (including phenoxy) is 1. The van der Waals surface area contributed by atoms with Gasteiger partial charge in [0.1, 0.15) is 24.4 Å². The lowest BCUT2D eigenvalue weighted by molar-refractivity contribution is -0.829. The van der Waals surface area contributed by atoms with Crippen LogP contribution in [0.4, 0.5) is 10.2 Å².